The maximum Gasteiger partial charge on any atom is 0.326 e. The van der Waals surface area contributed by atoms with E-state index in [0.29, 0.717) is 23.5 Å². The lowest BCUT2D eigenvalue weighted by atomic mass is 9.99. The van der Waals surface area contributed by atoms with Crippen molar-refractivity contribution in [1.82, 2.24) is 4.90 Å². The Morgan fingerprint density at radius 3 is 2.54 bits per heavy atom. The quantitative estimate of drug-likeness (QED) is 0.805. The van der Waals surface area contributed by atoms with E-state index < -0.39 is 12.0 Å². The molecule has 2 aromatic carbocycles. The topological polar surface area (TPSA) is 92.9 Å². The fraction of sp³-hybridized carbons (Fsp3) is 0.300. The zero-order chi connectivity index (χ0) is 19.0. The number of anilines is 1. The molecule has 0 radical (unpaired) electrons. The third-order valence-corrected chi connectivity index (χ3v) is 4.70. The van der Waals surface area contributed by atoms with E-state index in [-0.39, 0.29) is 11.8 Å². The SMILES string of the molecule is COc1cc(N)ccc1-c1ccc2c(c1)C(=O)N([C@H](C(=O)O)C(C)C)C2. The maximum atomic E-state index is 12.9. The molecule has 0 bridgehead atoms. The first-order valence-corrected chi connectivity index (χ1v) is 8.44. The molecule has 6 heteroatoms. The molecule has 0 aliphatic carbocycles. The molecule has 0 fully saturated rings. The molecule has 3 N–H and O–H groups in total. The van der Waals surface area contributed by atoms with Gasteiger partial charge in [0.25, 0.3) is 5.91 Å². The van der Waals surface area contributed by atoms with Gasteiger partial charge in [-0.2, -0.15) is 0 Å². The molecule has 1 aliphatic heterocycles. The van der Waals surface area contributed by atoms with Gasteiger partial charge in [-0.15, -0.1) is 0 Å². The molecular weight excluding hydrogens is 332 g/mol. The van der Waals surface area contributed by atoms with Crippen molar-refractivity contribution in [3.8, 4) is 16.9 Å². The summed E-state index contributed by atoms with van der Waals surface area (Å²) in [6, 6.07) is 10.1. The van der Waals surface area contributed by atoms with Crippen LogP contribution in [-0.2, 0) is 11.3 Å². The normalized spacial score (nSPS) is 14.5. The van der Waals surface area contributed by atoms with Crippen LogP contribution < -0.4 is 10.5 Å². The molecule has 2 aromatic rings. The molecule has 1 atom stereocenters. The van der Waals surface area contributed by atoms with Gasteiger partial charge in [0.2, 0.25) is 0 Å². The molecule has 136 valence electrons. The number of fused-ring (bicyclic) bond motifs is 1. The zero-order valence-electron chi connectivity index (χ0n) is 15.0. The summed E-state index contributed by atoms with van der Waals surface area (Å²) in [4.78, 5) is 25.9. The van der Waals surface area contributed by atoms with Crippen molar-refractivity contribution < 1.29 is 19.4 Å². The number of nitrogens with zero attached hydrogens (tertiary/aromatic N) is 1. The van der Waals surface area contributed by atoms with E-state index in [4.69, 9.17) is 10.5 Å². The predicted molar refractivity (Wildman–Crippen MR) is 99.0 cm³/mol. The number of nitrogen functional groups attached to an aromatic ring is 1. The molecule has 1 aliphatic rings. The van der Waals surface area contributed by atoms with E-state index in [9.17, 15) is 14.7 Å². The summed E-state index contributed by atoms with van der Waals surface area (Å²) < 4.78 is 5.40. The molecule has 1 amide bonds. The number of aliphatic carboxylic acids is 1. The van der Waals surface area contributed by atoms with Crippen LogP contribution >= 0.6 is 0 Å². The number of carboxylic acid groups (broad SMARTS) is 1. The van der Waals surface area contributed by atoms with Crippen LogP contribution in [0.15, 0.2) is 36.4 Å². The zero-order valence-corrected chi connectivity index (χ0v) is 15.0. The van der Waals surface area contributed by atoms with E-state index in [2.05, 4.69) is 0 Å². The van der Waals surface area contributed by atoms with Gasteiger partial charge in [0.05, 0.1) is 7.11 Å². The van der Waals surface area contributed by atoms with Gasteiger partial charge in [-0.25, -0.2) is 4.79 Å². The standard InChI is InChI=1S/C20H22N2O4/c1-11(2)18(20(24)25)22-10-13-5-4-12(8-16(13)19(22)23)15-7-6-14(21)9-17(15)26-3/h4-9,11,18H,10,21H2,1-3H3,(H,24,25)/t18-/m0/s1. The Hall–Kier alpha value is -3.02. The summed E-state index contributed by atoms with van der Waals surface area (Å²) in [6.45, 7) is 3.92. The maximum absolute atomic E-state index is 12.9. The fourth-order valence-electron chi connectivity index (χ4n) is 3.44. The van der Waals surface area contributed by atoms with Gasteiger partial charge in [-0.1, -0.05) is 26.0 Å². The van der Waals surface area contributed by atoms with Crippen molar-refractivity contribution in [3.05, 3.63) is 47.5 Å². The average Bonchev–Trinajstić information content (AvgIpc) is 2.90. The van der Waals surface area contributed by atoms with Crippen LogP contribution in [0.2, 0.25) is 0 Å². The third kappa shape index (κ3) is 2.98. The molecule has 0 aromatic heterocycles. The number of hydrogen-bond donors (Lipinski definition) is 2. The molecule has 0 unspecified atom stereocenters. The minimum Gasteiger partial charge on any atom is -0.496 e. The van der Waals surface area contributed by atoms with Gasteiger partial charge in [0, 0.05) is 29.4 Å². The number of nitrogens with two attached hydrogens (primary N) is 1. The summed E-state index contributed by atoms with van der Waals surface area (Å²) in [5.41, 5.74) is 9.42. The summed E-state index contributed by atoms with van der Waals surface area (Å²) in [7, 11) is 1.57. The van der Waals surface area contributed by atoms with Crippen LogP contribution in [0.5, 0.6) is 5.75 Å². The molecule has 26 heavy (non-hydrogen) atoms. The Bertz CT molecular complexity index is 876. The lowest BCUT2D eigenvalue weighted by Crippen LogP contribution is -2.44. The predicted octanol–water partition coefficient (Wildman–Crippen LogP) is 3.01. The Morgan fingerprint density at radius 2 is 1.92 bits per heavy atom. The summed E-state index contributed by atoms with van der Waals surface area (Å²) in [6.07, 6.45) is 0. The molecular formula is C20H22N2O4. The Labute approximate surface area is 152 Å². The average molecular weight is 354 g/mol. The van der Waals surface area contributed by atoms with Gasteiger partial charge in [-0.05, 0) is 35.2 Å². The first-order chi connectivity index (χ1) is 12.3. The van der Waals surface area contributed by atoms with E-state index in [0.717, 1.165) is 16.7 Å². The molecule has 1 heterocycles. The smallest absolute Gasteiger partial charge is 0.326 e. The lowest BCUT2D eigenvalue weighted by molar-refractivity contribution is -0.144. The highest BCUT2D eigenvalue weighted by Gasteiger charge is 2.38. The molecule has 3 rings (SSSR count). The summed E-state index contributed by atoms with van der Waals surface area (Å²) in [5, 5.41) is 9.51. The number of methoxy groups -OCH3 is 1. The van der Waals surface area contributed by atoms with Crippen molar-refractivity contribution in [2.24, 2.45) is 5.92 Å². The highest BCUT2D eigenvalue weighted by atomic mass is 16.5. The van der Waals surface area contributed by atoms with Crippen molar-refractivity contribution >= 4 is 17.6 Å². The van der Waals surface area contributed by atoms with Gasteiger partial charge >= 0.3 is 5.97 Å². The highest BCUT2D eigenvalue weighted by molar-refractivity contribution is 6.01. The number of rotatable bonds is 5. The minimum atomic E-state index is -0.985. The number of ether oxygens (including phenoxy) is 1. The number of carbonyl (C=O) groups excluding carboxylic acids is 1. The summed E-state index contributed by atoms with van der Waals surface area (Å²) in [5.74, 6) is -0.792. The van der Waals surface area contributed by atoms with E-state index in [1.807, 2.05) is 18.2 Å². The van der Waals surface area contributed by atoms with Gasteiger partial charge in [-0.3, -0.25) is 4.79 Å². The Balaban J connectivity index is 2.00. The third-order valence-electron chi connectivity index (χ3n) is 4.70. The molecule has 0 spiro atoms. The van der Waals surface area contributed by atoms with Crippen LogP contribution in [-0.4, -0.2) is 35.0 Å². The van der Waals surface area contributed by atoms with Gasteiger partial charge < -0.3 is 20.5 Å². The lowest BCUT2D eigenvalue weighted by Gasteiger charge is -2.27. The van der Waals surface area contributed by atoms with E-state index in [1.54, 1.807) is 39.2 Å². The number of carboxylic acids is 1. The second-order valence-electron chi connectivity index (χ2n) is 6.79. The van der Waals surface area contributed by atoms with Crippen LogP contribution in [0.1, 0.15) is 29.8 Å². The Morgan fingerprint density at radius 1 is 1.19 bits per heavy atom. The van der Waals surface area contributed by atoms with Gasteiger partial charge in [0.15, 0.2) is 0 Å². The van der Waals surface area contributed by atoms with E-state index >= 15 is 0 Å². The largest absolute Gasteiger partial charge is 0.496 e. The van der Waals surface area contributed by atoms with Gasteiger partial charge in [0.1, 0.15) is 11.8 Å². The molecule has 0 saturated carbocycles. The second-order valence-corrected chi connectivity index (χ2v) is 6.79. The molecule has 0 saturated heterocycles. The van der Waals surface area contributed by atoms with Crippen LogP contribution in [0.25, 0.3) is 11.1 Å². The second kappa shape index (κ2) is 6.71. The van der Waals surface area contributed by atoms with Crippen molar-refractivity contribution in [2.45, 2.75) is 26.4 Å². The highest BCUT2D eigenvalue weighted by Crippen LogP contribution is 2.35. The van der Waals surface area contributed by atoms with Crippen LogP contribution in [0.4, 0.5) is 5.69 Å². The number of benzene rings is 2. The fourth-order valence-corrected chi connectivity index (χ4v) is 3.44. The van der Waals surface area contributed by atoms with Crippen LogP contribution in [0, 0.1) is 5.92 Å². The first kappa shape index (κ1) is 17.8. The van der Waals surface area contributed by atoms with Crippen molar-refractivity contribution in [2.75, 3.05) is 12.8 Å². The Kier molecular flexibility index (Phi) is 4.59. The van der Waals surface area contributed by atoms with Crippen molar-refractivity contribution in [1.29, 1.82) is 0 Å². The van der Waals surface area contributed by atoms with Crippen molar-refractivity contribution in [3.63, 3.8) is 0 Å². The summed E-state index contributed by atoms with van der Waals surface area (Å²) >= 11 is 0. The van der Waals surface area contributed by atoms with E-state index in [1.165, 1.54) is 4.90 Å². The minimum absolute atomic E-state index is 0.178. The number of hydrogen-bond acceptors (Lipinski definition) is 4. The van der Waals surface area contributed by atoms with Crippen LogP contribution in [0.3, 0.4) is 0 Å². The molecule has 6 nitrogen and oxygen atoms in total. The number of carbonyl (C=O) groups is 2. The number of amides is 1. The first-order valence-electron chi connectivity index (χ1n) is 8.44. The monoisotopic (exact) mass is 354 g/mol.